The van der Waals surface area contributed by atoms with Crippen molar-refractivity contribution in [3.63, 3.8) is 0 Å². The molecular formula is C23H25NO6. The van der Waals surface area contributed by atoms with Crippen molar-refractivity contribution in [2.75, 3.05) is 41.5 Å². The minimum absolute atomic E-state index is 0.159. The first-order valence-electron chi connectivity index (χ1n) is 9.40. The number of hydrogen-bond acceptors (Lipinski definition) is 7. The van der Waals surface area contributed by atoms with Crippen LogP contribution in [0.15, 0.2) is 47.1 Å². The van der Waals surface area contributed by atoms with Gasteiger partial charge in [0.05, 0.1) is 25.9 Å². The van der Waals surface area contributed by atoms with Gasteiger partial charge in [-0.3, -0.25) is 4.79 Å². The Morgan fingerprint density at radius 2 is 1.77 bits per heavy atom. The molecule has 7 heteroatoms. The highest BCUT2D eigenvalue weighted by molar-refractivity contribution is 6.15. The van der Waals surface area contributed by atoms with Gasteiger partial charge in [0, 0.05) is 6.54 Å². The van der Waals surface area contributed by atoms with E-state index in [1.165, 1.54) is 26.6 Å². The van der Waals surface area contributed by atoms with Gasteiger partial charge in [-0.1, -0.05) is 18.2 Å². The maximum absolute atomic E-state index is 13.2. The minimum atomic E-state index is -0.304. The summed E-state index contributed by atoms with van der Waals surface area (Å²) in [5.74, 6) is 0.836. The van der Waals surface area contributed by atoms with Gasteiger partial charge in [0.2, 0.25) is 5.75 Å². The maximum Gasteiger partial charge on any atom is 0.205 e. The average Bonchev–Trinajstić information content (AvgIpc) is 3.21. The van der Waals surface area contributed by atoms with Gasteiger partial charge in [-0.25, -0.2) is 0 Å². The Bertz CT molecular complexity index is 1050. The summed E-state index contributed by atoms with van der Waals surface area (Å²) in [7, 11) is 6.87. The molecule has 158 valence electrons. The van der Waals surface area contributed by atoms with Gasteiger partial charge in [-0.15, -0.1) is 0 Å². The van der Waals surface area contributed by atoms with Crippen molar-refractivity contribution in [3.05, 3.63) is 53.8 Å². The van der Waals surface area contributed by atoms with Crippen LogP contribution in [-0.4, -0.2) is 57.3 Å². The Morgan fingerprint density at radius 1 is 1.07 bits per heavy atom. The second kappa shape index (κ2) is 9.37. The zero-order valence-corrected chi connectivity index (χ0v) is 17.5. The molecule has 7 nitrogen and oxygen atoms in total. The van der Waals surface area contributed by atoms with E-state index in [0.29, 0.717) is 35.6 Å². The minimum Gasteiger partial charge on any atom is -0.508 e. The van der Waals surface area contributed by atoms with E-state index in [0.717, 1.165) is 5.56 Å². The van der Waals surface area contributed by atoms with Crippen molar-refractivity contribution in [3.8, 4) is 23.0 Å². The number of phenolic OH excluding ortho intramolecular Hbond substituents is 1. The SMILES string of the molecule is COc1c(C(=O)C=Cc2ccc(O)cc2)c(OCCN(C)C)c(OC)c2occc12. The van der Waals surface area contributed by atoms with Crippen LogP contribution in [0, 0.1) is 0 Å². The molecule has 1 N–H and O–H groups in total. The predicted molar refractivity (Wildman–Crippen MR) is 115 cm³/mol. The van der Waals surface area contributed by atoms with E-state index < -0.39 is 0 Å². The molecule has 0 radical (unpaired) electrons. The van der Waals surface area contributed by atoms with Crippen LogP contribution in [0.25, 0.3) is 17.0 Å². The standard InChI is InChI=1S/C23H25NO6/c1-24(2)12-14-30-22-19(18(26)10-7-15-5-8-16(25)9-6-15)20(27-3)17-11-13-29-21(17)23(22)28-4/h5-11,13,25H,12,14H2,1-4H3. The topological polar surface area (TPSA) is 81.4 Å². The van der Waals surface area contributed by atoms with Crippen LogP contribution in [0.1, 0.15) is 15.9 Å². The van der Waals surface area contributed by atoms with E-state index in [9.17, 15) is 9.90 Å². The molecule has 0 aliphatic carbocycles. The van der Waals surface area contributed by atoms with Gasteiger partial charge < -0.3 is 28.6 Å². The van der Waals surface area contributed by atoms with Gasteiger partial charge in [0.1, 0.15) is 23.7 Å². The molecule has 0 fully saturated rings. The molecule has 1 heterocycles. The first-order chi connectivity index (χ1) is 14.5. The highest BCUT2D eigenvalue weighted by atomic mass is 16.5. The van der Waals surface area contributed by atoms with Crippen LogP contribution in [-0.2, 0) is 0 Å². The lowest BCUT2D eigenvalue weighted by Crippen LogP contribution is -2.20. The molecule has 1 aromatic heterocycles. The lowest BCUT2D eigenvalue weighted by atomic mass is 10.0. The number of phenols is 1. The predicted octanol–water partition coefficient (Wildman–Crippen LogP) is 3.99. The van der Waals surface area contributed by atoms with E-state index in [2.05, 4.69) is 0 Å². The van der Waals surface area contributed by atoms with Crippen molar-refractivity contribution in [1.29, 1.82) is 0 Å². The lowest BCUT2D eigenvalue weighted by Gasteiger charge is -2.18. The maximum atomic E-state index is 13.2. The Morgan fingerprint density at radius 3 is 2.40 bits per heavy atom. The van der Waals surface area contributed by atoms with Gasteiger partial charge in [-0.05, 0) is 43.9 Å². The third-order valence-electron chi connectivity index (χ3n) is 4.54. The summed E-state index contributed by atoms with van der Waals surface area (Å²) >= 11 is 0. The summed E-state index contributed by atoms with van der Waals surface area (Å²) in [6.07, 6.45) is 4.62. The molecule has 2 aromatic carbocycles. The quantitative estimate of drug-likeness (QED) is 0.421. The van der Waals surface area contributed by atoms with Crippen LogP contribution in [0.5, 0.6) is 23.0 Å². The normalized spacial score (nSPS) is 11.4. The van der Waals surface area contributed by atoms with Crippen molar-refractivity contribution >= 4 is 22.8 Å². The fraction of sp³-hybridized carbons (Fsp3) is 0.261. The number of nitrogens with zero attached hydrogens (tertiary/aromatic N) is 1. The van der Waals surface area contributed by atoms with Gasteiger partial charge in [0.15, 0.2) is 17.1 Å². The molecule has 0 saturated heterocycles. The molecule has 0 aliphatic heterocycles. The Balaban J connectivity index is 2.09. The molecule has 0 unspecified atom stereocenters. The number of ether oxygens (including phenoxy) is 3. The highest BCUT2D eigenvalue weighted by Gasteiger charge is 2.28. The lowest BCUT2D eigenvalue weighted by molar-refractivity contribution is 0.104. The molecule has 3 aromatic rings. The van der Waals surface area contributed by atoms with Crippen molar-refractivity contribution in [2.24, 2.45) is 0 Å². The van der Waals surface area contributed by atoms with Gasteiger partial charge >= 0.3 is 0 Å². The number of ketones is 1. The van der Waals surface area contributed by atoms with E-state index in [1.54, 1.807) is 36.4 Å². The van der Waals surface area contributed by atoms with Crippen molar-refractivity contribution < 1.29 is 28.5 Å². The summed E-state index contributed by atoms with van der Waals surface area (Å²) in [5.41, 5.74) is 1.48. The number of hydrogen-bond donors (Lipinski definition) is 1. The van der Waals surface area contributed by atoms with Crippen LogP contribution < -0.4 is 14.2 Å². The summed E-state index contributed by atoms with van der Waals surface area (Å²) in [4.78, 5) is 15.2. The fourth-order valence-electron chi connectivity index (χ4n) is 3.05. The number of methoxy groups -OCH3 is 2. The van der Waals surface area contributed by atoms with Crippen LogP contribution >= 0.6 is 0 Å². The Hall–Kier alpha value is -3.45. The number of fused-ring (bicyclic) bond motifs is 1. The van der Waals surface area contributed by atoms with E-state index in [1.807, 2.05) is 19.0 Å². The van der Waals surface area contributed by atoms with Crippen molar-refractivity contribution in [1.82, 2.24) is 4.90 Å². The smallest absolute Gasteiger partial charge is 0.205 e. The van der Waals surface area contributed by atoms with Crippen molar-refractivity contribution in [2.45, 2.75) is 0 Å². The number of rotatable bonds is 9. The number of carbonyl (C=O) groups excluding carboxylic acids is 1. The zero-order chi connectivity index (χ0) is 21.7. The number of carbonyl (C=O) groups is 1. The Labute approximate surface area is 175 Å². The third kappa shape index (κ3) is 4.41. The van der Waals surface area contributed by atoms with E-state index in [-0.39, 0.29) is 22.8 Å². The average molecular weight is 411 g/mol. The molecule has 0 spiro atoms. The second-order valence-electron chi connectivity index (χ2n) is 6.87. The summed E-state index contributed by atoms with van der Waals surface area (Å²) in [5, 5.41) is 10.0. The fourth-order valence-corrected chi connectivity index (χ4v) is 3.05. The van der Waals surface area contributed by atoms with E-state index >= 15 is 0 Å². The molecule has 3 rings (SSSR count). The van der Waals surface area contributed by atoms with Crippen LogP contribution in [0.4, 0.5) is 0 Å². The molecule has 0 bridgehead atoms. The summed E-state index contributed by atoms with van der Waals surface area (Å²) in [6, 6.07) is 8.26. The van der Waals surface area contributed by atoms with Gasteiger partial charge in [0.25, 0.3) is 0 Å². The monoisotopic (exact) mass is 411 g/mol. The summed E-state index contributed by atoms with van der Waals surface area (Å²) in [6.45, 7) is 0.999. The molecule has 0 atom stereocenters. The molecule has 0 saturated carbocycles. The largest absolute Gasteiger partial charge is 0.508 e. The third-order valence-corrected chi connectivity index (χ3v) is 4.54. The number of benzene rings is 2. The molecule has 0 amide bonds. The van der Waals surface area contributed by atoms with Gasteiger partial charge in [-0.2, -0.15) is 0 Å². The van der Waals surface area contributed by atoms with E-state index in [4.69, 9.17) is 18.6 Å². The number of aromatic hydroxyl groups is 1. The number of allylic oxidation sites excluding steroid dienone is 1. The first-order valence-corrected chi connectivity index (χ1v) is 9.40. The van der Waals surface area contributed by atoms with Crippen LogP contribution in [0.3, 0.4) is 0 Å². The number of furan rings is 1. The summed E-state index contributed by atoms with van der Waals surface area (Å²) < 4.78 is 22.7. The zero-order valence-electron chi connectivity index (χ0n) is 17.5. The first kappa shape index (κ1) is 21.3. The Kier molecular flexibility index (Phi) is 6.64. The second-order valence-corrected chi connectivity index (χ2v) is 6.87. The molecular weight excluding hydrogens is 386 g/mol. The molecule has 0 aliphatic rings. The van der Waals surface area contributed by atoms with Crippen LogP contribution in [0.2, 0.25) is 0 Å². The molecule has 30 heavy (non-hydrogen) atoms. The highest BCUT2D eigenvalue weighted by Crippen LogP contribution is 2.46. The number of likely N-dealkylation sites (N-methyl/N-ethyl adjacent to an activating group) is 1.